The monoisotopic (exact) mass is 319 g/mol. The summed E-state index contributed by atoms with van der Waals surface area (Å²) in [7, 11) is -0.513. The summed E-state index contributed by atoms with van der Waals surface area (Å²) < 4.78 is 25.7. The summed E-state index contributed by atoms with van der Waals surface area (Å²) in [4.78, 5) is 0. The molecule has 22 heavy (non-hydrogen) atoms. The first-order valence-electron chi connectivity index (χ1n) is 7.07. The molecule has 2 rings (SSSR count). The van der Waals surface area contributed by atoms with Crippen molar-refractivity contribution in [3.63, 3.8) is 0 Å². The molecule has 1 saturated heterocycles. The summed E-state index contributed by atoms with van der Waals surface area (Å²) in [6, 6.07) is 6.28. The van der Waals surface area contributed by atoms with E-state index in [4.69, 9.17) is 14.6 Å². The second-order valence-electron chi connectivity index (χ2n) is 6.32. The van der Waals surface area contributed by atoms with Crippen LogP contribution in [0.1, 0.15) is 38.8 Å². The van der Waals surface area contributed by atoms with Gasteiger partial charge >= 0.3 is 7.12 Å². The third-order valence-corrected chi connectivity index (χ3v) is 4.57. The van der Waals surface area contributed by atoms with Gasteiger partial charge in [0.1, 0.15) is 11.9 Å². The lowest BCUT2D eigenvalue weighted by Gasteiger charge is -2.32. The summed E-state index contributed by atoms with van der Waals surface area (Å²) in [6.45, 7) is 7.91. The highest BCUT2D eigenvalue weighted by Crippen LogP contribution is 2.39. The Kier molecular flexibility index (Phi) is 4.71. The highest BCUT2D eigenvalue weighted by molar-refractivity contribution is 7.80. The Morgan fingerprint density at radius 2 is 1.91 bits per heavy atom. The van der Waals surface area contributed by atoms with Gasteiger partial charge in [-0.1, -0.05) is 12.1 Å². The maximum atomic E-state index is 13.7. The van der Waals surface area contributed by atoms with E-state index in [0.29, 0.717) is 11.3 Å². The molecule has 6 heteroatoms. The topological polar surface area (TPSA) is 42.2 Å². The Labute approximate surface area is 136 Å². The van der Waals surface area contributed by atoms with Crippen molar-refractivity contribution in [2.24, 2.45) is 0 Å². The van der Waals surface area contributed by atoms with Crippen molar-refractivity contribution in [3.05, 3.63) is 40.6 Å². The van der Waals surface area contributed by atoms with Gasteiger partial charge in [0.15, 0.2) is 0 Å². The highest BCUT2D eigenvalue weighted by atomic mass is 32.1. The predicted molar refractivity (Wildman–Crippen MR) is 89.0 cm³/mol. The molecule has 1 heterocycles. The van der Waals surface area contributed by atoms with E-state index < -0.39 is 24.1 Å². The first-order chi connectivity index (χ1) is 10.2. The summed E-state index contributed by atoms with van der Waals surface area (Å²) in [5.74, 6) is -0.109. The third kappa shape index (κ3) is 3.22. The largest absolute Gasteiger partial charge is 0.491 e. The van der Waals surface area contributed by atoms with E-state index in [1.807, 2.05) is 27.7 Å². The maximum Gasteiger partial charge on any atom is 0.491 e. The SMILES string of the molecule is CC1(C)OB(C(=Cc2ccc(C#N)c(F)c2)CS)OC1(C)C. The molecule has 1 aromatic carbocycles. The average Bonchev–Trinajstić information content (AvgIpc) is 2.65. The van der Waals surface area contributed by atoms with Gasteiger partial charge in [-0.05, 0) is 50.9 Å². The Balaban J connectivity index is 2.30. The summed E-state index contributed by atoms with van der Waals surface area (Å²) in [5, 5.41) is 8.77. The van der Waals surface area contributed by atoms with Crippen LogP contribution in [-0.4, -0.2) is 24.1 Å². The van der Waals surface area contributed by atoms with E-state index in [1.54, 1.807) is 18.2 Å². The number of rotatable bonds is 3. The Bertz CT molecular complexity index is 636. The third-order valence-electron chi connectivity index (χ3n) is 4.20. The van der Waals surface area contributed by atoms with Gasteiger partial charge in [0.05, 0.1) is 16.8 Å². The molecular formula is C16H19BFNO2S. The molecule has 1 fully saturated rings. The van der Waals surface area contributed by atoms with Crippen molar-refractivity contribution < 1.29 is 13.7 Å². The van der Waals surface area contributed by atoms with Crippen LogP contribution in [0.15, 0.2) is 23.7 Å². The van der Waals surface area contributed by atoms with Crippen LogP contribution in [0, 0.1) is 17.1 Å². The number of thiol groups is 1. The number of hydrogen-bond acceptors (Lipinski definition) is 4. The fourth-order valence-corrected chi connectivity index (χ4v) is 2.35. The molecule has 1 aliphatic rings. The second-order valence-corrected chi connectivity index (χ2v) is 6.63. The molecule has 0 aromatic heterocycles. The zero-order valence-electron chi connectivity index (χ0n) is 13.2. The predicted octanol–water partition coefficient (Wildman–Crippen LogP) is 3.64. The van der Waals surface area contributed by atoms with Crippen LogP contribution in [-0.2, 0) is 9.31 Å². The minimum absolute atomic E-state index is 0.0280. The van der Waals surface area contributed by atoms with Crippen LogP contribution >= 0.6 is 12.6 Å². The standard InChI is InChI=1S/C16H19BFNO2S/c1-15(2)16(3,4)21-17(20-15)13(10-22)7-11-5-6-12(9-19)14(18)8-11/h5-8,22H,10H2,1-4H3. The van der Waals surface area contributed by atoms with Crippen LogP contribution in [0.2, 0.25) is 0 Å². The zero-order chi connectivity index (χ0) is 16.5. The molecule has 0 unspecified atom stereocenters. The van der Waals surface area contributed by atoms with Crippen LogP contribution in [0.4, 0.5) is 4.39 Å². The highest BCUT2D eigenvalue weighted by Gasteiger charge is 2.52. The van der Waals surface area contributed by atoms with E-state index >= 15 is 0 Å². The van der Waals surface area contributed by atoms with Gasteiger partial charge in [0.25, 0.3) is 0 Å². The molecular weight excluding hydrogens is 300 g/mol. The normalized spacial score (nSPS) is 20.0. The number of nitrogens with zero attached hydrogens (tertiary/aromatic N) is 1. The van der Waals surface area contributed by atoms with Gasteiger partial charge in [0, 0.05) is 5.75 Å². The van der Waals surface area contributed by atoms with Gasteiger partial charge in [-0.25, -0.2) is 4.39 Å². The minimum Gasteiger partial charge on any atom is -0.400 e. The second kappa shape index (κ2) is 6.07. The number of hydrogen-bond donors (Lipinski definition) is 1. The number of halogens is 1. The van der Waals surface area contributed by atoms with E-state index in [-0.39, 0.29) is 5.56 Å². The van der Waals surface area contributed by atoms with Crippen molar-refractivity contribution in [1.82, 2.24) is 0 Å². The molecule has 0 saturated carbocycles. The quantitative estimate of drug-likeness (QED) is 0.683. The molecule has 0 radical (unpaired) electrons. The fourth-order valence-electron chi connectivity index (χ4n) is 2.11. The van der Waals surface area contributed by atoms with Crippen molar-refractivity contribution in [3.8, 4) is 6.07 Å². The Hall–Kier alpha value is -1.29. The lowest BCUT2D eigenvalue weighted by Crippen LogP contribution is -2.41. The fraction of sp³-hybridized carbons (Fsp3) is 0.438. The van der Waals surface area contributed by atoms with Gasteiger partial charge in [-0.15, -0.1) is 0 Å². The van der Waals surface area contributed by atoms with Crippen molar-refractivity contribution >= 4 is 25.8 Å². The van der Waals surface area contributed by atoms with E-state index in [1.165, 1.54) is 12.1 Å². The first kappa shape index (κ1) is 17.1. The molecule has 0 aliphatic carbocycles. The van der Waals surface area contributed by atoms with Gasteiger partial charge < -0.3 is 9.31 Å². The summed E-state index contributed by atoms with van der Waals surface area (Å²) in [5.41, 5.74) is 0.618. The Morgan fingerprint density at radius 1 is 1.32 bits per heavy atom. The summed E-state index contributed by atoms with van der Waals surface area (Å²) >= 11 is 4.32. The average molecular weight is 319 g/mol. The van der Waals surface area contributed by atoms with Crippen LogP contribution < -0.4 is 0 Å². The molecule has 1 aromatic rings. The molecule has 0 amide bonds. The molecule has 0 N–H and O–H groups in total. The first-order valence-corrected chi connectivity index (χ1v) is 7.70. The van der Waals surface area contributed by atoms with Crippen molar-refractivity contribution in [1.29, 1.82) is 5.26 Å². The zero-order valence-corrected chi connectivity index (χ0v) is 14.1. The maximum absolute atomic E-state index is 13.7. The molecule has 0 bridgehead atoms. The van der Waals surface area contributed by atoms with E-state index in [2.05, 4.69) is 12.6 Å². The smallest absolute Gasteiger partial charge is 0.400 e. The lowest BCUT2D eigenvalue weighted by atomic mass is 9.78. The Morgan fingerprint density at radius 3 is 2.36 bits per heavy atom. The van der Waals surface area contributed by atoms with Gasteiger partial charge in [-0.3, -0.25) is 0 Å². The van der Waals surface area contributed by atoms with Gasteiger partial charge in [-0.2, -0.15) is 17.9 Å². The van der Waals surface area contributed by atoms with Crippen LogP contribution in [0.5, 0.6) is 0 Å². The van der Waals surface area contributed by atoms with Crippen molar-refractivity contribution in [2.45, 2.75) is 38.9 Å². The van der Waals surface area contributed by atoms with E-state index in [0.717, 1.165) is 5.47 Å². The minimum atomic E-state index is -0.538. The molecule has 0 atom stereocenters. The van der Waals surface area contributed by atoms with E-state index in [9.17, 15) is 4.39 Å². The lowest BCUT2D eigenvalue weighted by molar-refractivity contribution is 0.00578. The molecule has 1 aliphatic heterocycles. The van der Waals surface area contributed by atoms with Gasteiger partial charge in [0.2, 0.25) is 0 Å². The van der Waals surface area contributed by atoms with Crippen LogP contribution in [0.3, 0.4) is 0 Å². The number of nitriles is 1. The number of benzene rings is 1. The molecule has 116 valence electrons. The summed E-state index contributed by atoms with van der Waals surface area (Å²) in [6.07, 6.45) is 1.79. The van der Waals surface area contributed by atoms with Crippen molar-refractivity contribution in [2.75, 3.05) is 5.75 Å². The molecule has 0 spiro atoms. The van der Waals surface area contributed by atoms with Crippen LogP contribution in [0.25, 0.3) is 6.08 Å². The molecule has 3 nitrogen and oxygen atoms in total.